The van der Waals surface area contributed by atoms with Crippen LogP contribution < -0.4 is 16.2 Å². The normalized spacial score (nSPS) is 19.9. The van der Waals surface area contributed by atoms with Crippen LogP contribution in [0.15, 0.2) is 46.3 Å². The summed E-state index contributed by atoms with van der Waals surface area (Å²) < 4.78 is 46.3. The first-order chi connectivity index (χ1) is 18.8. The van der Waals surface area contributed by atoms with E-state index in [1.165, 1.54) is 24.6 Å². The van der Waals surface area contributed by atoms with Gasteiger partial charge in [0, 0.05) is 61.7 Å². The van der Waals surface area contributed by atoms with Gasteiger partial charge in [-0.15, -0.1) is 0 Å². The second-order valence-corrected chi connectivity index (χ2v) is 10.0. The van der Waals surface area contributed by atoms with Crippen LogP contribution in [-0.4, -0.2) is 59.5 Å². The second kappa shape index (κ2) is 11.4. The molecule has 0 radical (unpaired) electrons. The molecule has 2 fully saturated rings. The number of pyridine rings is 1. The Kier molecular flexibility index (Phi) is 7.90. The van der Waals surface area contributed by atoms with Crippen LogP contribution in [-0.2, 0) is 17.7 Å². The fourth-order valence-corrected chi connectivity index (χ4v) is 4.82. The number of halogens is 4. The number of hydrogen-bond acceptors (Lipinski definition) is 7. The van der Waals surface area contributed by atoms with E-state index in [0.717, 1.165) is 18.7 Å². The molecule has 1 aliphatic carbocycles. The van der Waals surface area contributed by atoms with Crippen LogP contribution in [0.25, 0.3) is 22.2 Å². The predicted molar refractivity (Wildman–Crippen MR) is 145 cm³/mol. The summed E-state index contributed by atoms with van der Waals surface area (Å²) in [5.41, 5.74) is 6.01. The van der Waals surface area contributed by atoms with Crippen LogP contribution in [0.3, 0.4) is 0 Å². The van der Waals surface area contributed by atoms with Gasteiger partial charge < -0.3 is 15.4 Å². The van der Waals surface area contributed by atoms with Gasteiger partial charge in [0.15, 0.2) is 0 Å². The van der Waals surface area contributed by atoms with Crippen LogP contribution >= 0.6 is 11.6 Å². The van der Waals surface area contributed by atoms with E-state index in [9.17, 15) is 18.0 Å². The van der Waals surface area contributed by atoms with Gasteiger partial charge in [0.05, 0.1) is 18.6 Å². The Bertz CT molecular complexity index is 1490. The standard InChI is InChI=1S/C20H18ClFN4O2.C7H10F2N2/c21-12-3-4-13(15(22)10-12)18-19-14(20(27)26-5-1-2-16(26)23-19)11-17(24-18)25-6-8-28-9-7-25;8-7(9)4-6(7)5-11-3-1-2-10/h3-4,10-11H,1-2,5-9H2;1-3,6H,4-5,10H2/b;2-1-,11-3?. The van der Waals surface area contributed by atoms with Gasteiger partial charge in [0.1, 0.15) is 28.7 Å². The maximum atomic E-state index is 14.7. The fourth-order valence-electron chi connectivity index (χ4n) is 4.66. The maximum absolute atomic E-state index is 14.7. The van der Waals surface area contributed by atoms with E-state index < -0.39 is 17.7 Å². The molecule has 4 heterocycles. The van der Waals surface area contributed by atoms with E-state index in [1.807, 2.05) is 0 Å². The molecule has 6 rings (SSSR count). The molecule has 206 valence electrons. The molecule has 2 N–H and O–H groups in total. The number of aromatic nitrogens is 3. The molecular weight excluding hydrogens is 533 g/mol. The number of morpholine rings is 1. The molecule has 3 aromatic rings. The van der Waals surface area contributed by atoms with E-state index >= 15 is 0 Å². The first-order valence-electron chi connectivity index (χ1n) is 12.8. The van der Waals surface area contributed by atoms with Gasteiger partial charge >= 0.3 is 0 Å². The lowest BCUT2D eigenvalue weighted by Crippen LogP contribution is -2.37. The van der Waals surface area contributed by atoms with Crippen molar-refractivity contribution in [3.63, 3.8) is 0 Å². The number of hydrogen-bond donors (Lipinski definition) is 1. The van der Waals surface area contributed by atoms with E-state index in [-0.39, 0.29) is 18.5 Å². The van der Waals surface area contributed by atoms with Crippen LogP contribution in [0, 0.1) is 11.7 Å². The average molecular weight is 561 g/mol. The molecular formula is C27H28ClF3N6O2. The molecule has 0 spiro atoms. The molecule has 1 unspecified atom stereocenters. The topological polar surface area (TPSA) is 98.6 Å². The molecule has 2 aliphatic heterocycles. The molecule has 1 saturated carbocycles. The van der Waals surface area contributed by atoms with Gasteiger partial charge in [0.25, 0.3) is 11.5 Å². The smallest absolute Gasteiger partial charge is 0.261 e. The summed E-state index contributed by atoms with van der Waals surface area (Å²) in [5, 5.41) is 0.773. The van der Waals surface area contributed by atoms with Crippen LogP contribution in [0.2, 0.25) is 5.02 Å². The zero-order valence-electron chi connectivity index (χ0n) is 21.1. The number of fused-ring (bicyclic) bond motifs is 2. The van der Waals surface area contributed by atoms with Gasteiger partial charge in [0.2, 0.25) is 0 Å². The summed E-state index contributed by atoms with van der Waals surface area (Å²) in [4.78, 5) is 28.3. The Morgan fingerprint density at radius 3 is 2.67 bits per heavy atom. The molecule has 1 saturated heterocycles. The highest BCUT2D eigenvalue weighted by Gasteiger charge is 2.56. The number of allylic oxidation sites excluding steroid dienone is 1. The Hall–Kier alpha value is -3.44. The minimum absolute atomic E-state index is 0.0172. The zero-order chi connectivity index (χ0) is 27.6. The van der Waals surface area contributed by atoms with E-state index in [4.69, 9.17) is 32.0 Å². The van der Waals surface area contributed by atoms with E-state index in [2.05, 4.69) is 9.89 Å². The van der Waals surface area contributed by atoms with Crippen molar-refractivity contribution in [2.75, 3.05) is 37.7 Å². The van der Waals surface area contributed by atoms with Crippen molar-refractivity contribution in [1.82, 2.24) is 14.5 Å². The Morgan fingerprint density at radius 2 is 1.97 bits per heavy atom. The van der Waals surface area contributed by atoms with Crippen LogP contribution in [0.4, 0.5) is 19.0 Å². The summed E-state index contributed by atoms with van der Waals surface area (Å²) in [6.45, 7) is 3.38. The largest absolute Gasteiger partial charge is 0.405 e. The van der Waals surface area contributed by atoms with Crippen molar-refractivity contribution < 1.29 is 17.9 Å². The number of rotatable bonds is 5. The Morgan fingerprint density at radius 1 is 1.21 bits per heavy atom. The number of nitrogens with zero attached hydrogens (tertiary/aromatic N) is 5. The van der Waals surface area contributed by atoms with Crippen molar-refractivity contribution in [3.8, 4) is 11.3 Å². The Balaban J connectivity index is 0.000000237. The molecule has 12 heteroatoms. The highest BCUT2D eigenvalue weighted by Crippen LogP contribution is 2.48. The summed E-state index contributed by atoms with van der Waals surface area (Å²) in [6, 6.07) is 6.25. The van der Waals surface area contributed by atoms with Gasteiger partial charge in [-0.2, -0.15) is 0 Å². The van der Waals surface area contributed by atoms with Crippen molar-refractivity contribution in [2.24, 2.45) is 16.6 Å². The average Bonchev–Trinajstić information content (AvgIpc) is 3.29. The Labute approximate surface area is 228 Å². The molecule has 0 bridgehead atoms. The van der Waals surface area contributed by atoms with Gasteiger partial charge in [-0.25, -0.2) is 23.1 Å². The minimum Gasteiger partial charge on any atom is -0.405 e. The number of benzene rings is 1. The van der Waals surface area contributed by atoms with Crippen molar-refractivity contribution >= 4 is 34.5 Å². The third-order valence-corrected chi connectivity index (χ3v) is 7.13. The lowest BCUT2D eigenvalue weighted by atomic mass is 10.1. The maximum Gasteiger partial charge on any atom is 0.261 e. The lowest BCUT2D eigenvalue weighted by molar-refractivity contribution is 0.101. The highest BCUT2D eigenvalue weighted by molar-refractivity contribution is 6.30. The molecule has 2 aromatic heterocycles. The van der Waals surface area contributed by atoms with E-state index in [1.54, 1.807) is 22.8 Å². The van der Waals surface area contributed by atoms with Crippen molar-refractivity contribution in [1.29, 1.82) is 0 Å². The predicted octanol–water partition coefficient (Wildman–Crippen LogP) is 4.22. The lowest BCUT2D eigenvalue weighted by Gasteiger charge is -2.28. The van der Waals surface area contributed by atoms with Gasteiger partial charge in [-0.05, 0) is 43.0 Å². The van der Waals surface area contributed by atoms with Gasteiger partial charge in [-0.3, -0.25) is 14.4 Å². The molecule has 3 aliphatic rings. The second-order valence-electron chi connectivity index (χ2n) is 9.60. The molecule has 0 amide bonds. The van der Waals surface area contributed by atoms with Crippen LogP contribution in [0.5, 0.6) is 0 Å². The first-order valence-corrected chi connectivity index (χ1v) is 13.1. The molecule has 39 heavy (non-hydrogen) atoms. The quantitative estimate of drug-likeness (QED) is 0.469. The fraction of sp³-hybridized carbons (Fsp3) is 0.407. The third kappa shape index (κ3) is 5.94. The number of nitrogens with two attached hydrogens (primary N) is 1. The van der Waals surface area contributed by atoms with Crippen molar-refractivity contribution in [3.05, 3.63) is 63.6 Å². The number of aliphatic imine (C=N–C) groups is 1. The number of alkyl halides is 2. The SMILES string of the molecule is N/C=C\C=NCC1CC1(F)F.O=c1c2cc(N3CCOCC3)nc(-c3ccc(Cl)cc3F)c2nc2n1CCC2. The molecule has 8 nitrogen and oxygen atoms in total. The molecule has 1 atom stereocenters. The summed E-state index contributed by atoms with van der Waals surface area (Å²) >= 11 is 5.93. The van der Waals surface area contributed by atoms with Crippen molar-refractivity contribution in [2.45, 2.75) is 31.7 Å². The minimum atomic E-state index is -2.45. The van der Waals surface area contributed by atoms with E-state index in [0.29, 0.717) is 65.8 Å². The summed E-state index contributed by atoms with van der Waals surface area (Å²) in [6.07, 6.45) is 5.87. The zero-order valence-corrected chi connectivity index (χ0v) is 21.9. The van der Waals surface area contributed by atoms with Gasteiger partial charge in [-0.1, -0.05) is 11.6 Å². The van der Waals surface area contributed by atoms with Crippen LogP contribution in [0.1, 0.15) is 18.7 Å². The summed E-state index contributed by atoms with van der Waals surface area (Å²) in [5.74, 6) is -2.11. The highest BCUT2D eigenvalue weighted by atomic mass is 35.5. The molecule has 1 aromatic carbocycles. The first kappa shape index (κ1) is 27.1. The third-order valence-electron chi connectivity index (χ3n) is 6.89. The number of aryl methyl sites for hydroxylation is 1. The summed E-state index contributed by atoms with van der Waals surface area (Å²) in [7, 11) is 0. The number of anilines is 1. The monoisotopic (exact) mass is 560 g/mol. The number of ether oxygens (including phenoxy) is 1.